The first-order valence-electron chi connectivity index (χ1n) is 6.40. The quantitative estimate of drug-likeness (QED) is 0.727. The fraction of sp³-hybridized carbons (Fsp3) is 0. The van der Waals surface area contributed by atoms with Crippen LogP contribution in [0, 0.1) is 5.21 Å². The zero-order chi connectivity index (χ0) is 15.7. The summed E-state index contributed by atoms with van der Waals surface area (Å²) in [5.74, 6) is 0. The van der Waals surface area contributed by atoms with Gasteiger partial charge in [-0.1, -0.05) is 35.9 Å². The van der Waals surface area contributed by atoms with Crippen LogP contribution in [0.4, 0.5) is 5.69 Å². The van der Waals surface area contributed by atoms with E-state index in [2.05, 4.69) is 5.10 Å². The summed E-state index contributed by atoms with van der Waals surface area (Å²) in [7, 11) is 0. The van der Waals surface area contributed by atoms with Gasteiger partial charge in [-0.05, 0) is 29.8 Å². The molecule has 0 spiro atoms. The van der Waals surface area contributed by atoms with Crippen LogP contribution in [0.15, 0.2) is 59.4 Å². The maximum atomic E-state index is 12.1. The Morgan fingerprint density at radius 2 is 1.82 bits per heavy atom. The lowest BCUT2D eigenvalue weighted by Gasteiger charge is -2.21. The molecule has 0 fully saturated rings. The van der Waals surface area contributed by atoms with Crippen molar-refractivity contribution in [1.29, 1.82) is 0 Å². The number of para-hydroxylation sites is 1. The summed E-state index contributed by atoms with van der Waals surface area (Å²) in [6.45, 7) is 0. The standard InChI is InChI=1S/C15H11ClN3O3/c16-12-3-1-2-4-14(12)18-15(20)9-13(17-18)10-5-7-11(8-6-10)19(21)22/h1-9,17,21H/q-1. The summed E-state index contributed by atoms with van der Waals surface area (Å²) in [5, 5.41) is 22.8. The van der Waals surface area contributed by atoms with Gasteiger partial charge in [-0.15, -0.1) is 0 Å². The highest BCUT2D eigenvalue weighted by atomic mass is 35.5. The number of halogens is 1. The molecule has 3 rings (SSSR count). The zero-order valence-electron chi connectivity index (χ0n) is 11.2. The molecular weight excluding hydrogens is 306 g/mol. The first-order valence-corrected chi connectivity index (χ1v) is 6.77. The van der Waals surface area contributed by atoms with Crippen LogP contribution in [0.5, 0.6) is 0 Å². The molecule has 0 amide bonds. The molecule has 1 heterocycles. The Hall–Kier alpha value is -2.54. The molecule has 1 aromatic heterocycles. The number of aromatic nitrogens is 2. The molecule has 112 valence electrons. The predicted octanol–water partition coefficient (Wildman–Crippen LogP) is 3.18. The Morgan fingerprint density at radius 1 is 1.14 bits per heavy atom. The van der Waals surface area contributed by atoms with Gasteiger partial charge in [0.05, 0.1) is 22.1 Å². The van der Waals surface area contributed by atoms with E-state index >= 15 is 0 Å². The molecular formula is C15H11ClN3O3-. The van der Waals surface area contributed by atoms with Crippen molar-refractivity contribution >= 4 is 17.3 Å². The molecule has 0 saturated heterocycles. The van der Waals surface area contributed by atoms with Crippen molar-refractivity contribution < 1.29 is 5.21 Å². The second-order valence-corrected chi connectivity index (χ2v) is 5.02. The van der Waals surface area contributed by atoms with E-state index < -0.39 is 0 Å². The Kier molecular flexibility index (Phi) is 3.72. The lowest BCUT2D eigenvalue weighted by molar-refractivity contribution is 0.296. The predicted molar refractivity (Wildman–Crippen MR) is 84.5 cm³/mol. The van der Waals surface area contributed by atoms with Crippen molar-refractivity contribution in [2.45, 2.75) is 0 Å². The van der Waals surface area contributed by atoms with Gasteiger partial charge < -0.3 is 10.4 Å². The van der Waals surface area contributed by atoms with Gasteiger partial charge in [-0.2, -0.15) is 0 Å². The highest BCUT2D eigenvalue weighted by Gasteiger charge is 2.09. The number of hydrogen-bond donors (Lipinski definition) is 2. The van der Waals surface area contributed by atoms with E-state index in [0.717, 1.165) is 0 Å². The van der Waals surface area contributed by atoms with E-state index in [4.69, 9.17) is 16.8 Å². The third-order valence-electron chi connectivity index (χ3n) is 3.21. The van der Waals surface area contributed by atoms with E-state index in [1.54, 1.807) is 36.4 Å². The van der Waals surface area contributed by atoms with Crippen molar-refractivity contribution in [3.05, 3.63) is 75.2 Å². The van der Waals surface area contributed by atoms with Crippen molar-refractivity contribution in [2.75, 3.05) is 5.23 Å². The normalized spacial score (nSPS) is 10.7. The molecule has 3 aromatic rings. The highest BCUT2D eigenvalue weighted by molar-refractivity contribution is 6.32. The summed E-state index contributed by atoms with van der Waals surface area (Å²) >= 11 is 6.09. The van der Waals surface area contributed by atoms with Gasteiger partial charge >= 0.3 is 0 Å². The summed E-state index contributed by atoms with van der Waals surface area (Å²) < 4.78 is 1.34. The number of H-pyrrole nitrogens is 1. The Balaban J connectivity index is 2.02. The third kappa shape index (κ3) is 2.62. The van der Waals surface area contributed by atoms with Crippen LogP contribution in [0.2, 0.25) is 5.02 Å². The first kappa shape index (κ1) is 14.4. The number of nitrogens with one attached hydrogen (secondary N) is 1. The fourth-order valence-corrected chi connectivity index (χ4v) is 2.34. The fourth-order valence-electron chi connectivity index (χ4n) is 2.12. The van der Waals surface area contributed by atoms with Crippen LogP contribution in [-0.4, -0.2) is 15.0 Å². The number of rotatable bonds is 3. The minimum atomic E-state index is -0.250. The van der Waals surface area contributed by atoms with Gasteiger partial charge in [0.2, 0.25) is 0 Å². The topological polar surface area (TPSA) is 84.3 Å². The van der Waals surface area contributed by atoms with Crippen LogP contribution < -0.4 is 10.8 Å². The van der Waals surface area contributed by atoms with Crippen molar-refractivity contribution in [3.8, 4) is 16.9 Å². The van der Waals surface area contributed by atoms with Gasteiger partial charge in [-0.25, -0.2) is 4.68 Å². The average molecular weight is 317 g/mol. The summed E-state index contributed by atoms with van der Waals surface area (Å²) in [6, 6.07) is 14.6. The number of hydrogen-bond acceptors (Lipinski definition) is 4. The second kappa shape index (κ2) is 5.69. The minimum Gasteiger partial charge on any atom is -0.733 e. The molecule has 0 aliphatic heterocycles. The van der Waals surface area contributed by atoms with E-state index in [9.17, 15) is 10.0 Å². The molecule has 2 aromatic carbocycles. The van der Waals surface area contributed by atoms with E-state index in [0.29, 0.717) is 22.0 Å². The van der Waals surface area contributed by atoms with Gasteiger partial charge in [0.1, 0.15) is 0 Å². The Bertz CT molecular complexity index is 853. The number of nitrogens with zero attached hydrogens (tertiary/aromatic N) is 2. The van der Waals surface area contributed by atoms with Crippen molar-refractivity contribution in [1.82, 2.24) is 9.78 Å². The number of anilines is 1. The van der Waals surface area contributed by atoms with Gasteiger partial charge in [0.15, 0.2) is 0 Å². The van der Waals surface area contributed by atoms with Gasteiger partial charge in [-0.3, -0.25) is 15.1 Å². The average Bonchev–Trinajstić information content (AvgIpc) is 2.90. The summed E-state index contributed by atoms with van der Waals surface area (Å²) in [4.78, 5) is 12.1. The largest absolute Gasteiger partial charge is 0.733 e. The second-order valence-electron chi connectivity index (χ2n) is 4.61. The van der Waals surface area contributed by atoms with Crippen LogP contribution >= 0.6 is 11.6 Å². The Morgan fingerprint density at radius 3 is 2.45 bits per heavy atom. The molecule has 22 heavy (non-hydrogen) atoms. The molecule has 0 atom stereocenters. The van der Waals surface area contributed by atoms with E-state index in [1.807, 2.05) is 0 Å². The number of benzene rings is 2. The summed E-state index contributed by atoms with van der Waals surface area (Å²) in [6.07, 6.45) is 0. The summed E-state index contributed by atoms with van der Waals surface area (Å²) in [5.41, 5.74) is 1.69. The van der Waals surface area contributed by atoms with Crippen molar-refractivity contribution in [2.24, 2.45) is 0 Å². The molecule has 6 nitrogen and oxygen atoms in total. The molecule has 0 unspecified atom stereocenters. The minimum absolute atomic E-state index is 0.108. The zero-order valence-corrected chi connectivity index (χ0v) is 12.0. The van der Waals surface area contributed by atoms with Crippen LogP contribution in [0.1, 0.15) is 0 Å². The van der Waals surface area contributed by atoms with Gasteiger partial charge in [0.25, 0.3) is 5.56 Å². The molecule has 7 heteroatoms. The maximum Gasteiger partial charge on any atom is 0.271 e. The van der Waals surface area contributed by atoms with Crippen molar-refractivity contribution in [3.63, 3.8) is 0 Å². The van der Waals surface area contributed by atoms with E-state index in [-0.39, 0.29) is 16.5 Å². The van der Waals surface area contributed by atoms with E-state index in [1.165, 1.54) is 22.9 Å². The van der Waals surface area contributed by atoms with Gasteiger partial charge in [0, 0.05) is 6.07 Å². The first-order chi connectivity index (χ1) is 10.6. The SMILES string of the molecule is O=c1cc(-c2ccc(N([O-])O)cc2)[nH]n1-c1ccccc1Cl. The highest BCUT2D eigenvalue weighted by Crippen LogP contribution is 2.22. The maximum absolute atomic E-state index is 12.1. The van der Waals surface area contributed by atoms with Crippen LogP contribution in [0.3, 0.4) is 0 Å². The molecule has 0 aliphatic rings. The molecule has 0 radical (unpaired) electrons. The lowest BCUT2D eigenvalue weighted by Crippen LogP contribution is -2.13. The Labute approximate surface area is 130 Å². The third-order valence-corrected chi connectivity index (χ3v) is 3.53. The van der Waals surface area contributed by atoms with Crippen LogP contribution in [0.25, 0.3) is 16.9 Å². The molecule has 2 N–H and O–H groups in total. The molecule has 0 bridgehead atoms. The smallest absolute Gasteiger partial charge is 0.271 e. The lowest BCUT2D eigenvalue weighted by atomic mass is 10.1. The molecule has 0 saturated carbocycles. The number of aromatic amines is 1. The van der Waals surface area contributed by atoms with Crippen LogP contribution in [-0.2, 0) is 0 Å². The monoisotopic (exact) mass is 316 g/mol. The molecule has 0 aliphatic carbocycles.